The fraction of sp³-hybridized carbons (Fsp3) is 0.278. The molecule has 2 aromatic rings. The van der Waals surface area contributed by atoms with Crippen molar-refractivity contribution in [1.29, 1.82) is 0 Å². The highest BCUT2D eigenvalue weighted by atomic mass is 32.2. The van der Waals surface area contributed by atoms with Crippen LogP contribution in [0.15, 0.2) is 59.5 Å². The smallest absolute Gasteiger partial charge is 0.242 e. The Morgan fingerprint density at radius 1 is 1.08 bits per heavy atom. The molecule has 0 fully saturated rings. The topological polar surface area (TPSA) is 66.5 Å². The largest absolute Gasteiger partial charge is 0.326 e. The molecule has 1 unspecified atom stereocenters. The Balaban J connectivity index is 2.23. The summed E-state index contributed by atoms with van der Waals surface area (Å²) in [6.45, 7) is 1.95. The zero-order chi connectivity index (χ0) is 17.7. The van der Waals surface area contributed by atoms with E-state index < -0.39 is 10.0 Å². The number of amides is 1. The highest BCUT2D eigenvalue weighted by Crippen LogP contribution is 2.23. The Morgan fingerprint density at radius 3 is 2.33 bits per heavy atom. The van der Waals surface area contributed by atoms with Gasteiger partial charge in [0.15, 0.2) is 0 Å². The van der Waals surface area contributed by atoms with Crippen molar-refractivity contribution in [3.63, 3.8) is 0 Å². The lowest BCUT2D eigenvalue weighted by Crippen LogP contribution is -2.23. The van der Waals surface area contributed by atoms with Gasteiger partial charge >= 0.3 is 0 Å². The molecule has 0 spiro atoms. The molecular formula is C18H22N2O3S. The molecule has 1 atom stereocenters. The standard InChI is InChI=1S/C18H22N2O3S/c1-4-17(14-9-6-5-7-10-14)18(21)19-15-11-8-12-16(13-15)24(22,23)20(2)3/h5-13,17H,4H2,1-3H3,(H,19,21). The first kappa shape index (κ1) is 18.2. The first-order valence-corrected chi connectivity index (χ1v) is 9.18. The van der Waals surface area contributed by atoms with Crippen molar-refractivity contribution in [3.05, 3.63) is 60.2 Å². The lowest BCUT2D eigenvalue weighted by atomic mass is 9.95. The molecule has 1 N–H and O–H groups in total. The van der Waals surface area contributed by atoms with Crippen LogP contribution in [0.2, 0.25) is 0 Å². The van der Waals surface area contributed by atoms with Crippen molar-refractivity contribution in [1.82, 2.24) is 4.31 Å². The van der Waals surface area contributed by atoms with Gasteiger partial charge in [0.2, 0.25) is 15.9 Å². The summed E-state index contributed by atoms with van der Waals surface area (Å²) in [5.74, 6) is -0.427. The van der Waals surface area contributed by atoms with E-state index in [0.29, 0.717) is 12.1 Å². The van der Waals surface area contributed by atoms with Crippen LogP contribution in [0.1, 0.15) is 24.8 Å². The normalized spacial score (nSPS) is 12.8. The highest BCUT2D eigenvalue weighted by Gasteiger charge is 2.20. The van der Waals surface area contributed by atoms with Crippen LogP contribution in [0.25, 0.3) is 0 Å². The molecule has 0 aliphatic carbocycles. The van der Waals surface area contributed by atoms with Crippen molar-refractivity contribution < 1.29 is 13.2 Å². The van der Waals surface area contributed by atoms with E-state index in [-0.39, 0.29) is 16.7 Å². The van der Waals surface area contributed by atoms with Gasteiger partial charge in [0, 0.05) is 19.8 Å². The number of carbonyl (C=O) groups excluding carboxylic acids is 1. The van der Waals surface area contributed by atoms with Crippen molar-refractivity contribution in [2.75, 3.05) is 19.4 Å². The maximum absolute atomic E-state index is 12.6. The van der Waals surface area contributed by atoms with Gasteiger partial charge in [0.1, 0.15) is 0 Å². The number of rotatable bonds is 6. The molecule has 0 bridgehead atoms. The Bertz CT molecular complexity index is 802. The molecule has 0 aromatic heterocycles. The second kappa shape index (κ2) is 7.59. The van der Waals surface area contributed by atoms with Crippen LogP contribution in [0, 0.1) is 0 Å². The van der Waals surface area contributed by atoms with E-state index in [2.05, 4.69) is 5.32 Å². The van der Waals surface area contributed by atoms with Gasteiger partial charge in [-0.15, -0.1) is 0 Å². The minimum Gasteiger partial charge on any atom is -0.326 e. The molecule has 0 saturated carbocycles. The molecule has 0 heterocycles. The number of hydrogen-bond donors (Lipinski definition) is 1. The fourth-order valence-electron chi connectivity index (χ4n) is 2.43. The van der Waals surface area contributed by atoms with Crippen molar-refractivity contribution >= 4 is 21.6 Å². The molecule has 5 nitrogen and oxygen atoms in total. The van der Waals surface area contributed by atoms with Gasteiger partial charge in [0.05, 0.1) is 10.8 Å². The van der Waals surface area contributed by atoms with E-state index in [0.717, 1.165) is 9.87 Å². The third-order valence-corrected chi connectivity index (χ3v) is 5.62. The van der Waals surface area contributed by atoms with Gasteiger partial charge in [-0.05, 0) is 30.2 Å². The molecule has 0 radical (unpaired) electrons. The summed E-state index contributed by atoms with van der Waals surface area (Å²) in [7, 11) is -0.581. The maximum atomic E-state index is 12.6. The summed E-state index contributed by atoms with van der Waals surface area (Å²) >= 11 is 0. The number of anilines is 1. The maximum Gasteiger partial charge on any atom is 0.242 e. The molecular weight excluding hydrogens is 324 g/mol. The summed E-state index contributed by atoms with van der Waals surface area (Å²) in [6, 6.07) is 15.8. The van der Waals surface area contributed by atoms with Gasteiger partial charge in [-0.25, -0.2) is 12.7 Å². The van der Waals surface area contributed by atoms with Crippen LogP contribution >= 0.6 is 0 Å². The van der Waals surface area contributed by atoms with Gasteiger partial charge in [-0.3, -0.25) is 4.79 Å². The highest BCUT2D eigenvalue weighted by molar-refractivity contribution is 7.89. The quantitative estimate of drug-likeness (QED) is 0.874. The van der Waals surface area contributed by atoms with E-state index in [1.165, 1.54) is 26.2 Å². The predicted octanol–water partition coefficient (Wildman–Crippen LogP) is 3.07. The number of carbonyl (C=O) groups is 1. The lowest BCUT2D eigenvalue weighted by Gasteiger charge is -2.16. The SMILES string of the molecule is CCC(C(=O)Nc1cccc(S(=O)(=O)N(C)C)c1)c1ccccc1. The summed E-state index contributed by atoms with van der Waals surface area (Å²) in [6.07, 6.45) is 0.658. The summed E-state index contributed by atoms with van der Waals surface area (Å²) < 4.78 is 25.5. The van der Waals surface area contributed by atoms with Crippen LogP contribution in [0.3, 0.4) is 0 Å². The lowest BCUT2D eigenvalue weighted by molar-refractivity contribution is -0.117. The number of sulfonamides is 1. The van der Waals surface area contributed by atoms with E-state index in [4.69, 9.17) is 0 Å². The van der Waals surface area contributed by atoms with Gasteiger partial charge in [0.25, 0.3) is 0 Å². The summed E-state index contributed by atoms with van der Waals surface area (Å²) in [5, 5.41) is 2.82. The van der Waals surface area contributed by atoms with Gasteiger partial charge in [-0.1, -0.05) is 43.3 Å². The van der Waals surface area contributed by atoms with E-state index >= 15 is 0 Å². The molecule has 0 aliphatic rings. The molecule has 128 valence electrons. The number of nitrogens with one attached hydrogen (secondary N) is 1. The molecule has 6 heteroatoms. The fourth-order valence-corrected chi connectivity index (χ4v) is 3.38. The van der Waals surface area contributed by atoms with Crippen LogP contribution in [0.5, 0.6) is 0 Å². The van der Waals surface area contributed by atoms with E-state index in [1.807, 2.05) is 37.3 Å². The third kappa shape index (κ3) is 4.01. The number of nitrogens with zero attached hydrogens (tertiary/aromatic N) is 1. The second-order valence-electron chi connectivity index (χ2n) is 5.68. The number of benzene rings is 2. The van der Waals surface area contributed by atoms with Gasteiger partial charge < -0.3 is 5.32 Å². The molecule has 1 amide bonds. The average molecular weight is 346 g/mol. The molecule has 2 rings (SSSR count). The Morgan fingerprint density at radius 2 is 1.75 bits per heavy atom. The Hall–Kier alpha value is -2.18. The minimum atomic E-state index is -3.53. The number of hydrogen-bond acceptors (Lipinski definition) is 3. The first-order valence-electron chi connectivity index (χ1n) is 7.74. The monoisotopic (exact) mass is 346 g/mol. The van der Waals surface area contributed by atoms with E-state index in [9.17, 15) is 13.2 Å². The molecule has 0 aliphatic heterocycles. The third-order valence-electron chi connectivity index (χ3n) is 3.81. The molecule has 24 heavy (non-hydrogen) atoms. The summed E-state index contributed by atoms with van der Waals surface area (Å²) in [4.78, 5) is 12.7. The van der Waals surface area contributed by atoms with Crippen LogP contribution in [-0.4, -0.2) is 32.7 Å². The average Bonchev–Trinajstić information content (AvgIpc) is 2.56. The molecule has 2 aromatic carbocycles. The van der Waals surface area contributed by atoms with Crippen molar-refractivity contribution in [3.8, 4) is 0 Å². The second-order valence-corrected chi connectivity index (χ2v) is 7.83. The summed E-state index contributed by atoms with van der Waals surface area (Å²) in [5.41, 5.74) is 1.41. The van der Waals surface area contributed by atoms with Crippen LogP contribution < -0.4 is 5.32 Å². The van der Waals surface area contributed by atoms with Crippen molar-refractivity contribution in [2.24, 2.45) is 0 Å². The van der Waals surface area contributed by atoms with Crippen LogP contribution in [0.4, 0.5) is 5.69 Å². The zero-order valence-electron chi connectivity index (χ0n) is 14.1. The zero-order valence-corrected chi connectivity index (χ0v) is 14.9. The first-order chi connectivity index (χ1) is 11.4. The molecule has 0 saturated heterocycles. The Kier molecular flexibility index (Phi) is 5.75. The van der Waals surface area contributed by atoms with E-state index in [1.54, 1.807) is 12.1 Å². The predicted molar refractivity (Wildman–Crippen MR) is 95.4 cm³/mol. The Labute approximate surface area is 143 Å². The van der Waals surface area contributed by atoms with Crippen LogP contribution in [-0.2, 0) is 14.8 Å². The minimum absolute atomic E-state index is 0.150. The van der Waals surface area contributed by atoms with Crippen molar-refractivity contribution in [2.45, 2.75) is 24.2 Å². The van der Waals surface area contributed by atoms with Gasteiger partial charge in [-0.2, -0.15) is 0 Å².